The number of hydrogen-bond donors (Lipinski definition) is 2. The van der Waals surface area contributed by atoms with E-state index >= 15 is 0 Å². The van der Waals surface area contributed by atoms with Gasteiger partial charge in [0.25, 0.3) is 0 Å². The second kappa shape index (κ2) is 9.51. The number of nitrogens with zero attached hydrogens (tertiary/aromatic N) is 2. The molecule has 3 aromatic carbocycles. The summed E-state index contributed by atoms with van der Waals surface area (Å²) < 4.78 is 49.8. The third-order valence-electron chi connectivity index (χ3n) is 6.50. The number of nitriles is 1. The summed E-state index contributed by atoms with van der Waals surface area (Å²) in [7, 11) is 0. The van der Waals surface area contributed by atoms with Crippen molar-refractivity contribution < 1.29 is 17.9 Å². The minimum Gasteiger partial charge on any atom is -0.451 e. The molecule has 0 spiro atoms. The van der Waals surface area contributed by atoms with Crippen molar-refractivity contribution in [3.8, 4) is 29.0 Å². The van der Waals surface area contributed by atoms with Gasteiger partial charge in [0.05, 0.1) is 29.0 Å². The molecule has 5 nitrogen and oxygen atoms in total. The Morgan fingerprint density at radius 1 is 1.05 bits per heavy atom. The highest BCUT2D eigenvalue weighted by Gasteiger charge is 2.32. The zero-order valence-electron chi connectivity index (χ0n) is 20.2. The van der Waals surface area contributed by atoms with Gasteiger partial charge in [-0.15, -0.1) is 0 Å². The molecule has 5 rings (SSSR count). The van der Waals surface area contributed by atoms with Crippen molar-refractivity contribution in [3.63, 3.8) is 0 Å². The molecule has 2 N–H and O–H groups in total. The van der Waals surface area contributed by atoms with E-state index in [0.717, 1.165) is 36.1 Å². The minimum absolute atomic E-state index is 0.0253. The maximum Gasteiger partial charge on any atom is 0.199 e. The average molecular weight is 501 g/mol. The molecular formula is C29H23F3N4O. The van der Waals surface area contributed by atoms with E-state index < -0.39 is 28.6 Å². The maximum atomic E-state index is 14.9. The highest BCUT2D eigenvalue weighted by atomic mass is 19.1. The SMILES string of the molecule is CCCc1cccc(C(C)(C#N)c2cnc(-c3cc(Oc4c(F)cc5[nH]ccc5c4F)ccc3F)[nH]2)c1. The molecule has 0 amide bonds. The van der Waals surface area contributed by atoms with Gasteiger partial charge in [-0.1, -0.05) is 37.6 Å². The lowest BCUT2D eigenvalue weighted by molar-refractivity contribution is 0.410. The van der Waals surface area contributed by atoms with Crippen molar-refractivity contribution >= 4 is 10.9 Å². The summed E-state index contributed by atoms with van der Waals surface area (Å²) in [6.45, 7) is 3.86. The van der Waals surface area contributed by atoms with Gasteiger partial charge in [0.2, 0.25) is 0 Å². The van der Waals surface area contributed by atoms with E-state index in [0.29, 0.717) is 11.2 Å². The molecule has 1 atom stereocenters. The molecule has 0 aliphatic rings. The summed E-state index contributed by atoms with van der Waals surface area (Å²) in [5.41, 5.74) is 1.67. The number of nitrogens with one attached hydrogen (secondary N) is 2. The highest BCUT2D eigenvalue weighted by molar-refractivity contribution is 5.82. The predicted octanol–water partition coefficient (Wildman–Crippen LogP) is 7.55. The lowest BCUT2D eigenvalue weighted by atomic mass is 9.80. The number of H-pyrrole nitrogens is 2. The van der Waals surface area contributed by atoms with Crippen LogP contribution in [0.5, 0.6) is 11.5 Å². The number of halogens is 3. The Bertz CT molecular complexity index is 1650. The summed E-state index contributed by atoms with van der Waals surface area (Å²) in [4.78, 5) is 10.1. The van der Waals surface area contributed by atoms with Crippen LogP contribution in [-0.4, -0.2) is 15.0 Å². The predicted molar refractivity (Wildman–Crippen MR) is 135 cm³/mol. The fourth-order valence-corrected chi connectivity index (χ4v) is 4.39. The molecule has 37 heavy (non-hydrogen) atoms. The summed E-state index contributed by atoms with van der Waals surface area (Å²) >= 11 is 0. The van der Waals surface area contributed by atoms with Gasteiger partial charge in [-0.25, -0.2) is 18.2 Å². The van der Waals surface area contributed by atoms with Crippen LogP contribution in [0.25, 0.3) is 22.3 Å². The number of fused-ring (bicyclic) bond motifs is 1. The van der Waals surface area contributed by atoms with Gasteiger partial charge in [-0.2, -0.15) is 5.26 Å². The molecule has 0 saturated carbocycles. The molecule has 2 heterocycles. The van der Waals surface area contributed by atoms with E-state index in [9.17, 15) is 18.4 Å². The molecule has 0 aliphatic heterocycles. The number of imidazole rings is 1. The molecule has 186 valence electrons. The van der Waals surface area contributed by atoms with E-state index in [2.05, 4.69) is 27.9 Å². The number of ether oxygens (including phenoxy) is 1. The molecule has 8 heteroatoms. The van der Waals surface area contributed by atoms with Crippen LogP contribution >= 0.6 is 0 Å². The van der Waals surface area contributed by atoms with Crippen molar-refractivity contribution in [3.05, 3.63) is 101 Å². The van der Waals surface area contributed by atoms with Gasteiger partial charge >= 0.3 is 0 Å². The Hall–Kier alpha value is -4.51. The molecule has 0 radical (unpaired) electrons. The number of rotatable bonds is 7. The number of aromatic nitrogens is 3. The van der Waals surface area contributed by atoms with Crippen LogP contribution in [0.4, 0.5) is 13.2 Å². The fraction of sp³-hybridized carbons (Fsp3) is 0.172. The fourth-order valence-electron chi connectivity index (χ4n) is 4.39. The van der Waals surface area contributed by atoms with Crippen LogP contribution in [0.15, 0.2) is 67.0 Å². The molecule has 0 aliphatic carbocycles. The standard InChI is InChI=1S/C29H23F3N4O/c1-3-5-17-6-4-7-18(12-17)29(2,16-33)25-15-35-28(36-25)21-13-19(8-9-22(21)30)37-27-23(31)14-24-20(26(27)32)10-11-34-24/h4,6-15,34H,3,5H2,1-2H3,(H,35,36). The first kappa shape index (κ1) is 24.2. The van der Waals surface area contributed by atoms with Crippen LogP contribution in [0.3, 0.4) is 0 Å². The van der Waals surface area contributed by atoms with E-state index in [1.54, 1.807) is 6.92 Å². The number of benzene rings is 3. The van der Waals surface area contributed by atoms with Crippen LogP contribution in [-0.2, 0) is 11.8 Å². The van der Waals surface area contributed by atoms with E-state index in [1.165, 1.54) is 30.6 Å². The van der Waals surface area contributed by atoms with Crippen molar-refractivity contribution in [2.24, 2.45) is 0 Å². The lowest BCUT2D eigenvalue weighted by Gasteiger charge is -2.21. The normalized spacial score (nSPS) is 12.9. The van der Waals surface area contributed by atoms with Crippen molar-refractivity contribution in [2.75, 3.05) is 0 Å². The average Bonchev–Trinajstić information content (AvgIpc) is 3.58. The van der Waals surface area contributed by atoms with E-state index in [-0.39, 0.29) is 22.5 Å². The Labute approximate surface area is 211 Å². The van der Waals surface area contributed by atoms with Crippen molar-refractivity contribution in [1.29, 1.82) is 5.26 Å². The van der Waals surface area contributed by atoms with Gasteiger partial charge in [0, 0.05) is 17.6 Å². The summed E-state index contributed by atoms with van der Waals surface area (Å²) in [5.74, 6) is -2.78. The zero-order chi connectivity index (χ0) is 26.2. The molecule has 1 unspecified atom stereocenters. The zero-order valence-corrected chi connectivity index (χ0v) is 20.2. The highest BCUT2D eigenvalue weighted by Crippen LogP contribution is 2.36. The van der Waals surface area contributed by atoms with Gasteiger partial charge in [0.15, 0.2) is 17.4 Å². The van der Waals surface area contributed by atoms with Crippen LogP contribution < -0.4 is 4.74 Å². The summed E-state index contributed by atoms with van der Waals surface area (Å²) in [6, 6.07) is 16.5. The Kier molecular flexibility index (Phi) is 6.22. The molecular weight excluding hydrogens is 477 g/mol. The third-order valence-corrected chi connectivity index (χ3v) is 6.50. The Morgan fingerprint density at radius 2 is 1.89 bits per heavy atom. The van der Waals surface area contributed by atoms with Gasteiger partial charge in [0.1, 0.15) is 22.8 Å². The first-order valence-electron chi connectivity index (χ1n) is 11.8. The summed E-state index contributed by atoms with van der Waals surface area (Å²) in [5, 5.41) is 10.3. The topological polar surface area (TPSA) is 77.5 Å². The molecule has 0 fully saturated rings. The van der Waals surface area contributed by atoms with Crippen LogP contribution in [0.2, 0.25) is 0 Å². The maximum absolute atomic E-state index is 14.9. The second-order valence-corrected chi connectivity index (χ2v) is 9.02. The smallest absolute Gasteiger partial charge is 0.199 e. The third kappa shape index (κ3) is 4.33. The van der Waals surface area contributed by atoms with Gasteiger partial charge in [-0.3, -0.25) is 0 Å². The molecule has 0 saturated heterocycles. The quantitative estimate of drug-likeness (QED) is 0.242. The second-order valence-electron chi connectivity index (χ2n) is 9.02. The number of hydrogen-bond acceptors (Lipinski definition) is 3. The van der Waals surface area contributed by atoms with E-state index in [1.807, 2.05) is 24.3 Å². The molecule has 2 aromatic heterocycles. The summed E-state index contributed by atoms with van der Waals surface area (Å²) in [6.07, 6.45) is 4.86. The number of aromatic amines is 2. The van der Waals surface area contributed by atoms with Gasteiger partial charge in [-0.05, 0) is 48.7 Å². The first-order valence-corrected chi connectivity index (χ1v) is 11.8. The molecule has 5 aromatic rings. The monoisotopic (exact) mass is 500 g/mol. The molecule has 0 bridgehead atoms. The van der Waals surface area contributed by atoms with Crippen LogP contribution in [0.1, 0.15) is 37.1 Å². The van der Waals surface area contributed by atoms with Crippen molar-refractivity contribution in [1.82, 2.24) is 15.0 Å². The minimum atomic E-state index is -1.06. The van der Waals surface area contributed by atoms with E-state index in [4.69, 9.17) is 4.74 Å². The largest absolute Gasteiger partial charge is 0.451 e. The Balaban J connectivity index is 1.50. The first-order chi connectivity index (χ1) is 17.8. The number of aryl methyl sites for hydroxylation is 1. The van der Waals surface area contributed by atoms with Crippen LogP contribution in [0, 0.1) is 28.8 Å². The van der Waals surface area contributed by atoms with Crippen molar-refractivity contribution in [2.45, 2.75) is 32.1 Å². The van der Waals surface area contributed by atoms with Gasteiger partial charge < -0.3 is 14.7 Å². The Morgan fingerprint density at radius 3 is 2.68 bits per heavy atom. The lowest BCUT2D eigenvalue weighted by Crippen LogP contribution is -2.22.